The molecule has 1 saturated carbocycles. The van der Waals surface area contributed by atoms with Crippen molar-refractivity contribution in [2.24, 2.45) is 10.2 Å². The highest BCUT2D eigenvalue weighted by Crippen LogP contribution is 2.23. The largest absolute Gasteiger partial charge is 0.353 e. The van der Waals surface area contributed by atoms with Gasteiger partial charge in [0.15, 0.2) is 5.72 Å². The normalized spacial score (nSPS) is 16.7. The summed E-state index contributed by atoms with van der Waals surface area (Å²) in [5, 5.41) is 8.89. The molecule has 1 fully saturated rings. The van der Waals surface area contributed by atoms with E-state index >= 15 is 0 Å². The van der Waals surface area contributed by atoms with Crippen LogP contribution in [-0.2, 0) is 4.74 Å². The van der Waals surface area contributed by atoms with Gasteiger partial charge in [0.25, 0.3) is 0 Å². The summed E-state index contributed by atoms with van der Waals surface area (Å²) in [6, 6.07) is 0.454. The van der Waals surface area contributed by atoms with Crippen LogP contribution < -0.4 is 0 Å². The van der Waals surface area contributed by atoms with E-state index in [-0.39, 0.29) is 0 Å². The van der Waals surface area contributed by atoms with Gasteiger partial charge in [-0.3, -0.25) is 0 Å². The van der Waals surface area contributed by atoms with Gasteiger partial charge in [0.1, 0.15) is 0 Å². The van der Waals surface area contributed by atoms with E-state index in [4.69, 9.17) is 4.74 Å². The lowest BCUT2D eigenvalue weighted by Gasteiger charge is -2.19. The quantitative estimate of drug-likeness (QED) is 0.249. The Labute approximate surface area is 144 Å². The molecule has 0 saturated heterocycles. The highest BCUT2D eigenvalue weighted by molar-refractivity contribution is 4.73. The third-order valence-electron chi connectivity index (χ3n) is 4.74. The van der Waals surface area contributed by atoms with Crippen molar-refractivity contribution in [2.45, 2.75) is 122 Å². The molecule has 3 heteroatoms. The maximum Gasteiger partial charge on any atom is 0.173 e. The summed E-state index contributed by atoms with van der Waals surface area (Å²) in [6.07, 6.45) is 18.6. The minimum atomic E-state index is -0.443. The first-order valence-electron chi connectivity index (χ1n) is 10.2. The van der Waals surface area contributed by atoms with Gasteiger partial charge in [-0.15, -0.1) is 0 Å². The SMILES string of the molecule is CCCCCCCCCCCCOC(C)(C)N=NC1CCCC1. The summed E-state index contributed by atoms with van der Waals surface area (Å²) in [6.45, 7) is 7.15. The Morgan fingerprint density at radius 3 is 1.91 bits per heavy atom. The van der Waals surface area contributed by atoms with Gasteiger partial charge >= 0.3 is 0 Å². The second-order valence-corrected chi connectivity index (χ2v) is 7.63. The van der Waals surface area contributed by atoms with E-state index in [0.717, 1.165) is 13.0 Å². The lowest BCUT2D eigenvalue weighted by molar-refractivity contribution is -0.0187. The molecule has 136 valence electrons. The van der Waals surface area contributed by atoms with Gasteiger partial charge in [0.05, 0.1) is 6.04 Å². The molecule has 0 spiro atoms. The fraction of sp³-hybridized carbons (Fsp3) is 1.00. The second-order valence-electron chi connectivity index (χ2n) is 7.63. The molecule has 1 aliphatic carbocycles. The molecule has 0 aromatic carbocycles. The van der Waals surface area contributed by atoms with E-state index in [9.17, 15) is 0 Å². The monoisotopic (exact) mass is 324 g/mol. The van der Waals surface area contributed by atoms with Crippen molar-refractivity contribution in [3.05, 3.63) is 0 Å². The summed E-state index contributed by atoms with van der Waals surface area (Å²) < 4.78 is 5.90. The van der Waals surface area contributed by atoms with Crippen LogP contribution in [0.5, 0.6) is 0 Å². The summed E-state index contributed by atoms with van der Waals surface area (Å²) in [4.78, 5) is 0. The summed E-state index contributed by atoms with van der Waals surface area (Å²) >= 11 is 0. The zero-order valence-electron chi connectivity index (χ0n) is 16.0. The first-order valence-corrected chi connectivity index (χ1v) is 10.2. The molecular weight excluding hydrogens is 284 g/mol. The van der Waals surface area contributed by atoms with Crippen molar-refractivity contribution in [1.29, 1.82) is 0 Å². The van der Waals surface area contributed by atoms with Crippen molar-refractivity contribution in [1.82, 2.24) is 0 Å². The Morgan fingerprint density at radius 1 is 0.826 bits per heavy atom. The number of rotatable bonds is 14. The third-order valence-corrected chi connectivity index (χ3v) is 4.74. The number of hydrogen-bond acceptors (Lipinski definition) is 3. The molecule has 0 heterocycles. The van der Waals surface area contributed by atoms with Crippen molar-refractivity contribution in [2.75, 3.05) is 6.61 Å². The molecule has 0 aromatic rings. The number of azo groups is 1. The van der Waals surface area contributed by atoms with Gasteiger partial charge in [-0.05, 0) is 33.1 Å². The first-order chi connectivity index (χ1) is 11.1. The minimum Gasteiger partial charge on any atom is -0.353 e. The van der Waals surface area contributed by atoms with Crippen molar-refractivity contribution < 1.29 is 4.74 Å². The zero-order valence-corrected chi connectivity index (χ0v) is 16.0. The van der Waals surface area contributed by atoms with Crippen molar-refractivity contribution in [3.63, 3.8) is 0 Å². The zero-order chi connectivity index (χ0) is 16.8. The summed E-state index contributed by atoms with van der Waals surface area (Å²) in [5.41, 5.74) is -0.443. The van der Waals surface area contributed by atoms with Crippen molar-refractivity contribution in [3.8, 4) is 0 Å². The highest BCUT2D eigenvalue weighted by atomic mass is 16.5. The maximum absolute atomic E-state index is 5.90. The average Bonchev–Trinajstić information content (AvgIpc) is 3.04. The van der Waals surface area contributed by atoms with E-state index in [1.165, 1.54) is 83.5 Å². The Balaban J connectivity index is 1.91. The van der Waals surface area contributed by atoms with E-state index in [1.807, 2.05) is 13.8 Å². The van der Waals surface area contributed by atoms with Gasteiger partial charge in [-0.1, -0.05) is 77.6 Å². The van der Waals surface area contributed by atoms with Crippen LogP contribution in [0.25, 0.3) is 0 Å². The molecule has 0 aliphatic heterocycles. The maximum atomic E-state index is 5.90. The van der Waals surface area contributed by atoms with Crippen LogP contribution in [0, 0.1) is 0 Å². The van der Waals surface area contributed by atoms with Crippen LogP contribution in [0.4, 0.5) is 0 Å². The first kappa shape index (κ1) is 20.6. The highest BCUT2D eigenvalue weighted by Gasteiger charge is 2.19. The minimum absolute atomic E-state index is 0.443. The number of unbranched alkanes of at least 4 members (excludes halogenated alkanes) is 9. The van der Waals surface area contributed by atoms with Gasteiger partial charge in [0, 0.05) is 6.61 Å². The molecular formula is C20H40N2O. The van der Waals surface area contributed by atoms with E-state index in [2.05, 4.69) is 17.2 Å². The van der Waals surface area contributed by atoms with Gasteiger partial charge in [0.2, 0.25) is 0 Å². The molecule has 1 aliphatic rings. The third kappa shape index (κ3) is 11.7. The molecule has 1 rings (SSSR count). The molecule has 0 radical (unpaired) electrons. The van der Waals surface area contributed by atoms with Crippen LogP contribution in [-0.4, -0.2) is 18.4 Å². The van der Waals surface area contributed by atoms with Gasteiger partial charge < -0.3 is 4.74 Å². The Bertz CT molecular complexity index is 296. The molecule has 0 bridgehead atoms. The van der Waals surface area contributed by atoms with Crippen LogP contribution in [0.15, 0.2) is 10.2 Å². The second kappa shape index (κ2) is 12.9. The fourth-order valence-electron chi connectivity index (χ4n) is 3.18. The Morgan fingerprint density at radius 2 is 1.35 bits per heavy atom. The molecule has 0 N–H and O–H groups in total. The average molecular weight is 325 g/mol. The number of ether oxygens (including phenoxy) is 1. The molecule has 0 aromatic heterocycles. The Kier molecular flexibility index (Phi) is 11.6. The smallest absolute Gasteiger partial charge is 0.173 e. The van der Waals surface area contributed by atoms with Crippen molar-refractivity contribution >= 4 is 0 Å². The lowest BCUT2D eigenvalue weighted by Crippen LogP contribution is -2.22. The van der Waals surface area contributed by atoms with Gasteiger partial charge in [-0.2, -0.15) is 10.2 Å². The van der Waals surface area contributed by atoms with Crippen LogP contribution >= 0.6 is 0 Å². The summed E-state index contributed by atoms with van der Waals surface area (Å²) in [5.74, 6) is 0. The van der Waals surface area contributed by atoms with Crippen LogP contribution in [0.1, 0.15) is 111 Å². The standard InChI is InChI=1S/C20H40N2O/c1-4-5-6-7-8-9-10-11-12-15-18-23-20(2,3)22-21-19-16-13-14-17-19/h19H,4-18H2,1-3H3. The molecule has 23 heavy (non-hydrogen) atoms. The van der Waals surface area contributed by atoms with Crippen LogP contribution in [0.2, 0.25) is 0 Å². The van der Waals surface area contributed by atoms with E-state index < -0.39 is 5.72 Å². The topological polar surface area (TPSA) is 34.0 Å². The molecule has 3 nitrogen and oxygen atoms in total. The lowest BCUT2D eigenvalue weighted by atomic mass is 10.1. The predicted molar refractivity (Wildman–Crippen MR) is 99.0 cm³/mol. The summed E-state index contributed by atoms with van der Waals surface area (Å²) in [7, 11) is 0. The van der Waals surface area contributed by atoms with Crippen LogP contribution in [0.3, 0.4) is 0 Å². The van der Waals surface area contributed by atoms with Gasteiger partial charge in [-0.25, -0.2) is 0 Å². The van der Waals surface area contributed by atoms with E-state index in [1.54, 1.807) is 0 Å². The molecule has 0 atom stereocenters. The van der Waals surface area contributed by atoms with E-state index in [0.29, 0.717) is 6.04 Å². The molecule has 0 unspecified atom stereocenters. The predicted octanol–water partition coefficient (Wildman–Crippen LogP) is 7.05. The fourth-order valence-corrected chi connectivity index (χ4v) is 3.18. The number of nitrogens with zero attached hydrogens (tertiary/aromatic N) is 2. The Hall–Kier alpha value is -0.440. The molecule has 0 amide bonds. The number of hydrogen-bond donors (Lipinski definition) is 0.